The van der Waals surface area contributed by atoms with Gasteiger partial charge in [-0.25, -0.2) is 0 Å². The van der Waals surface area contributed by atoms with Crippen LogP contribution in [0.15, 0.2) is 18.5 Å². The van der Waals surface area contributed by atoms with Crippen molar-refractivity contribution in [1.29, 1.82) is 0 Å². The number of hydrogen-bond acceptors (Lipinski definition) is 3. The fourth-order valence-electron chi connectivity index (χ4n) is 1.05. The van der Waals surface area contributed by atoms with E-state index >= 15 is 0 Å². The summed E-state index contributed by atoms with van der Waals surface area (Å²) in [6.07, 6.45) is 3.49. The van der Waals surface area contributed by atoms with E-state index in [1.54, 1.807) is 17.5 Å². The van der Waals surface area contributed by atoms with Crippen LogP contribution in [0.5, 0.6) is 0 Å². The summed E-state index contributed by atoms with van der Waals surface area (Å²) < 4.78 is 1.12. The summed E-state index contributed by atoms with van der Waals surface area (Å²) in [5, 5.41) is 5.97. The molecular weight excluding hydrogens is 192 g/mol. The van der Waals surface area contributed by atoms with Crippen molar-refractivity contribution in [1.82, 2.24) is 4.98 Å². The molecule has 0 radical (unpaired) electrons. The largest absolute Gasteiger partial charge is 0.380 e. The summed E-state index contributed by atoms with van der Waals surface area (Å²) in [6.45, 7) is 0. The third kappa shape index (κ3) is 1.15. The molecular formula is C8H7ClN2S. The van der Waals surface area contributed by atoms with E-state index in [0.717, 1.165) is 15.1 Å². The van der Waals surface area contributed by atoms with Crippen LogP contribution in [-0.2, 0) is 0 Å². The molecule has 0 spiro atoms. The van der Waals surface area contributed by atoms with Crippen molar-refractivity contribution in [3.63, 3.8) is 0 Å². The number of hydrogen-bond donors (Lipinski definition) is 1. The molecule has 2 rings (SSSR count). The molecule has 0 aliphatic carbocycles. The van der Waals surface area contributed by atoms with E-state index in [1.165, 1.54) is 0 Å². The van der Waals surface area contributed by atoms with Crippen molar-refractivity contribution in [2.75, 3.05) is 12.4 Å². The molecule has 2 aromatic heterocycles. The maximum absolute atomic E-state index is 5.94. The number of fused-ring (bicyclic) bond motifs is 1. The Morgan fingerprint density at radius 3 is 3.00 bits per heavy atom. The number of thiophene rings is 1. The molecule has 0 atom stereocenters. The molecule has 4 heteroatoms. The molecule has 0 amide bonds. The van der Waals surface area contributed by atoms with Gasteiger partial charge in [-0.15, -0.1) is 11.3 Å². The van der Waals surface area contributed by atoms with Crippen LogP contribution in [0.3, 0.4) is 0 Å². The third-order valence-corrected chi connectivity index (χ3v) is 3.03. The van der Waals surface area contributed by atoms with Gasteiger partial charge >= 0.3 is 0 Å². The number of rotatable bonds is 1. The zero-order chi connectivity index (χ0) is 8.55. The smallest absolute Gasteiger partial charge is 0.0893 e. The molecule has 2 aromatic rings. The minimum absolute atomic E-state index is 0.713. The van der Waals surface area contributed by atoms with Gasteiger partial charge in [-0.05, 0) is 6.07 Å². The molecule has 1 N–H and O–H groups in total. The highest BCUT2D eigenvalue weighted by Gasteiger charge is 2.03. The van der Waals surface area contributed by atoms with E-state index in [0.29, 0.717) is 5.02 Å². The highest BCUT2D eigenvalue weighted by molar-refractivity contribution is 7.22. The van der Waals surface area contributed by atoms with Gasteiger partial charge < -0.3 is 5.32 Å². The highest BCUT2D eigenvalue weighted by Crippen LogP contribution is 2.32. The van der Waals surface area contributed by atoms with Crippen molar-refractivity contribution in [2.45, 2.75) is 0 Å². The monoisotopic (exact) mass is 198 g/mol. The van der Waals surface area contributed by atoms with Gasteiger partial charge in [-0.3, -0.25) is 4.98 Å². The molecule has 2 heterocycles. The van der Waals surface area contributed by atoms with Crippen molar-refractivity contribution >= 4 is 38.0 Å². The number of anilines is 1. The van der Waals surface area contributed by atoms with Crippen molar-refractivity contribution in [2.24, 2.45) is 0 Å². The number of nitrogens with zero attached hydrogens (tertiary/aromatic N) is 1. The molecule has 0 saturated heterocycles. The van der Waals surface area contributed by atoms with E-state index in [2.05, 4.69) is 10.3 Å². The molecule has 12 heavy (non-hydrogen) atoms. The van der Waals surface area contributed by atoms with Crippen LogP contribution in [-0.4, -0.2) is 12.0 Å². The van der Waals surface area contributed by atoms with Crippen molar-refractivity contribution < 1.29 is 0 Å². The normalized spacial score (nSPS) is 10.5. The molecule has 0 aliphatic rings. The predicted octanol–water partition coefficient (Wildman–Crippen LogP) is 2.99. The van der Waals surface area contributed by atoms with Crippen molar-refractivity contribution in [3.05, 3.63) is 23.5 Å². The maximum Gasteiger partial charge on any atom is 0.0893 e. The molecule has 0 unspecified atom stereocenters. The van der Waals surface area contributed by atoms with E-state index < -0.39 is 0 Å². The molecule has 62 valence electrons. The van der Waals surface area contributed by atoms with Crippen LogP contribution < -0.4 is 5.32 Å². The Hall–Kier alpha value is -0.800. The van der Waals surface area contributed by atoms with Crippen LogP contribution in [0.4, 0.5) is 5.00 Å². The van der Waals surface area contributed by atoms with Crippen molar-refractivity contribution in [3.8, 4) is 0 Å². The third-order valence-electron chi connectivity index (χ3n) is 1.64. The van der Waals surface area contributed by atoms with Gasteiger partial charge in [0, 0.05) is 24.8 Å². The Bertz CT molecular complexity index is 410. The minimum Gasteiger partial charge on any atom is -0.380 e. The predicted molar refractivity (Wildman–Crippen MR) is 54.2 cm³/mol. The van der Waals surface area contributed by atoms with E-state index in [1.807, 2.05) is 19.3 Å². The highest BCUT2D eigenvalue weighted by atomic mass is 35.5. The topological polar surface area (TPSA) is 24.9 Å². The average Bonchev–Trinajstić information content (AvgIpc) is 2.49. The van der Waals surface area contributed by atoms with Crippen LogP contribution in [0.1, 0.15) is 0 Å². The Morgan fingerprint density at radius 1 is 1.50 bits per heavy atom. The molecule has 0 saturated carbocycles. The van der Waals surface area contributed by atoms with Gasteiger partial charge in [0.25, 0.3) is 0 Å². The number of pyridine rings is 1. The maximum atomic E-state index is 5.94. The summed E-state index contributed by atoms with van der Waals surface area (Å²) in [5.41, 5.74) is 0. The lowest BCUT2D eigenvalue weighted by Crippen LogP contribution is -1.79. The Kier molecular flexibility index (Phi) is 1.90. The summed E-state index contributed by atoms with van der Waals surface area (Å²) >= 11 is 7.60. The van der Waals surface area contributed by atoms with Gasteiger partial charge in [0.05, 0.1) is 14.7 Å². The van der Waals surface area contributed by atoms with Crippen LogP contribution in [0.25, 0.3) is 10.1 Å². The summed E-state index contributed by atoms with van der Waals surface area (Å²) in [5.74, 6) is 0. The SMILES string of the molecule is CNc1cc2c(Cl)cncc2s1. The second-order valence-electron chi connectivity index (χ2n) is 2.39. The minimum atomic E-state index is 0.713. The average molecular weight is 199 g/mol. The Morgan fingerprint density at radius 2 is 2.33 bits per heavy atom. The zero-order valence-corrected chi connectivity index (χ0v) is 8.04. The lowest BCUT2D eigenvalue weighted by atomic mass is 10.3. The van der Waals surface area contributed by atoms with Crippen LogP contribution >= 0.6 is 22.9 Å². The quantitative estimate of drug-likeness (QED) is 0.762. The second-order valence-corrected chi connectivity index (χ2v) is 3.88. The van der Waals surface area contributed by atoms with Gasteiger partial charge in [0.15, 0.2) is 0 Å². The van der Waals surface area contributed by atoms with Crippen LogP contribution in [0.2, 0.25) is 5.02 Å². The zero-order valence-electron chi connectivity index (χ0n) is 6.47. The fourth-order valence-corrected chi connectivity index (χ4v) is 2.23. The Labute approximate surface area is 79.2 Å². The summed E-state index contributed by atoms with van der Waals surface area (Å²) in [7, 11) is 1.89. The van der Waals surface area contributed by atoms with E-state index in [-0.39, 0.29) is 0 Å². The summed E-state index contributed by atoms with van der Waals surface area (Å²) in [6, 6.07) is 2.03. The lowest BCUT2D eigenvalue weighted by Gasteiger charge is -1.88. The number of halogens is 1. The Balaban J connectivity index is 2.74. The molecule has 0 fully saturated rings. The first-order chi connectivity index (χ1) is 5.81. The van der Waals surface area contributed by atoms with E-state index in [9.17, 15) is 0 Å². The van der Waals surface area contributed by atoms with Gasteiger partial charge in [0.1, 0.15) is 0 Å². The lowest BCUT2D eigenvalue weighted by molar-refractivity contribution is 1.37. The fraction of sp³-hybridized carbons (Fsp3) is 0.125. The van der Waals surface area contributed by atoms with Gasteiger partial charge in [-0.2, -0.15) is 0 Å². The molecule has 0 aromatic carbocycles. The van der Waals surface area contributed by atoms with Crippen LogP contribution in [0, 0.1) is 0 Å². The second kappa shape index (κ2) is 2.92. The molecule has 2 nitrogen and oxygen atoms in total. The first-order valence-corrected chi connectivity index (χ1v) is 4.71. The van der Waals surface area contributed by atoms with Gasteiger partial charge in [0.2, 0.25) is 0 Å². The first kappa shape index (κ1) is 7.83. The first-order valence-electron chi connectivity index (χ1n) is 3.52. The van der Waals surface area contributed by atoms with Gasteiger partial charge in [-0.1, -0.05) is 11.6 Å². The molecule has 0 bridgehead atoms. The number of nitrogens with one attached hydrogen (secondary N) is 1. The molecule has 0 aliphatic heterocycles. The number of aromatic nitrogens is 1. The van der Waals surface area contributed by atoms with E-state index in [4.69, 9.17) is 11.6 Å². The summed E-state index contributed by atoms with van der Waals surface area (Å²) in [4.78, 5) is 4.01. The standard InChI is InChI=1S/C8H7ClN2S/c1-10-8-2-5-6(9)3-11-4-7(5)12-8/h2-4,10H,1H3.